The Morgan fingerprint density at radius 2 is 2.25 bits per heavy atom. The van der Waals surface area contributed by atoms with E-state index in [1.165, 1.54) is 24.0 Å². The highest BCUT2D eigenvalue weighted by atomic mass is 35.5. The summed E-state index contributed by atoms with van der Waals surface area (Å²) < 4.78 is 0. The molecule has 0 saturated carbocycles. The van der Waals surface area contributed by atoms with Crippen molar-refractivity contribution in [3.63, 3.8) is 0 Å². The summed E-state index contributed by atoms with van der Waals surface area (Å²) in [7, 11) is 0. The summed E-state index contributed by atoms with van der Waals surface area (Å²) in [6.07, 6.45) is 2.59. The molecular weight excluding hydrogens is 294 g/mol. The molecule has 0 aliphatic carbocycles. The Balaban J connectivity index is 2.20. The molecule has 0 bridgehead atoms. The molecule has 6 heteroatoms. The Hall–Kier alpha value is -1.30. The van der Waals surface area contributed by atoms with Crippen LogP contribution in [0.3, 0.4) is 0 Å². The summed E-state index contributed by atoms with van der Waals surface area (Å²) in [5, 5.41) is 4.60. The lowest BCUT2D eigenvalue weighted by molar-refractivity contribution is 0.669. The van der Waals surface area contributed by atoms with Gasteiger partial charge in [0.05, 0.1) is 0 Å². The normalized spacial score (nSPS) is 10.7. The van der Waals surface area contributed by atoms with Crippen LogP contribution in [0.1, 0.15) is 18.9 Å². The van der Waals surface area contributed by atoms with E-state index in [-0.39, 0.29) is 5.56 Å². The lowest BCUT2D eigenvalue weighted by Crippen LogP contribution is -2.14. The minimum atomic E-state index is -0.157. The minimum Gasteiger partial charge on any atom is -0.313 e. The van der Waals surface area contributed by atoms with Crippen molar-refractivity contribution in [1.29, 1.82) is 0 Å². The molecule has 20 heavy (non-hydrogen) atoms. The van der Waals surface area contributed by atoms with Crippen LogP contribution in [0.2, 0.25) is 5.02 Å². The van der Waals surface area contributed by atoms with Gasteiger partial charge in [-0.3, -0.25) is 4.79 Å². The lowest BCUT2D eigenvalue weighted by Gasteiger charge is -2.10. The number of benzene rings is 1. The fourth-order valence-electron chi connectivity index (χ4n) is 1.68. The van der Waals surface area contributed by atoms with E-state index in [0.717, 1.165) is 30.0 Å². The van der Waals surface area contributed by atoms with Crippen LogP contribution in [0.15, 0.2) is 45.3 Å². The number of H-pyrrole nitrogens is 1. The number of nitrogens with zero attached hydrogens (tertiary/aromatic N) is 1. The Labute approximate surface area is 127 Å². The number of rotatable bonds is 6. The molecule has 106 valence electrons. The van der Waals surface area contributed by atoms with E-state index in [2.05, 4.69) is 22.2 Å². The van der Waals surface area contributed by atoms with Crippen LogP contribution in [0.4, 0.5) is 0 Å². The molecule has 0 atom stereocenters. The SMILES string of the molecule is CCCNCc1ccc(Cl)cc1Sc1nccc(=O)[nH]1. The second kappa shape index (κ2) is 7.47. The Bertz CT molecular complexity index is 630. The van der Waals surface area contributed by atoms with Crippen molar-refractivity contribution in [2.24, 2.45) is 0 Å². The molecule has 0 spiro atoms. The van der Waals surface area contributed by atoms with Gasteiger partial charge in [-0.1, -0.05) is 36.4 Å². The van der Waals surface area contributed by atoms with Gasteiger partial charge in [-0.2, -0.15) is 0 Å². The lowest BCUT2D eigenvalue weighted by atomic mass is 10.2. The average Bonchev–Trinajstić information content (AvgIpc) is 2.41. The van der Waals surface area contributed by atoms with E-state index in [9.17, 15) is 4.79 Å². The zero-order valence-corrected chi connectivity index (χ0v) is 12.7. The summed E-state index contributed by atoms with van der Waals surface area (Å²) in [6, 6.07) is 7.15. The van der Waals surface area contributed by atoms with Gasteiger partial charge >= 0.3 is 0 Å². The summed E-state index contributed by atoms with van der Waals surface area (Å²) in [6.45, 7) is 3.86. The highest BCUT2D eigenvalue weighted by Gasteiger charge is 2.07. The van der Waals surface area contributed by atoms with Gasteiger partial charge in [0.25, 0.3) is 5.56 Å². The summed E-state index contributed by atoms with van der Waals surface area (Å²) in [5.41, 5.74) is 0.981. The number of hydrogen-bond donors (Lipinski definition) is 2. The third kappa shape index (κ3) is 4.37. The molecule has 2 aromatic rings. The second-order valence-corrected chi connectivity index (χ2v) is 5.74. The van der Waals surface area contributed by atoms with Crippen LogP contribution in [0.25, 0.3) is 0 Å². The van der Waals surface area contributed by atoms with Gasteiger partial charge in [0.1, 0.15) is 0 Å². The smallest absolute Gasteiger partial charge is 0.251 e. The fraction of sp³-hybridized carbons (Fsp3) is 0.286. The number of aromatic nitrogens is 2. The zero-order chi connectivity index (χ0) is 14.4. The van der Waals surface area contributed by atoms with Crippen molar-refractivity contribution >= 4 is 23.4 Å². The predicted molar refractivity (Wildman–Crippen MR) is 82.4 cm³/mol. The fourth-order valence-corrected chi connectivity index (χ4v) is 2.84. The van der Waals surface area contributed by atoms with Gasteiger partial charge < -0.3 is 10.3 Å². The number of nitrogens with one attached hydrogen (secondary N) is 2. The Kier molecular flexibility index (Phi) is 5.64. The monoisotopic (exact) mass is 309 g/mol. The van der Waals surface area contributed by atoms with Crippen molar-refractivity contribution in [2.45, 2.75) is 29.9 Å². The van der Waals surface area contributed by atoms with Crippen molar-refractivity contribution < 1.29 is 0 Å². The van der Waals surface area contributed by atoms with Crippen molar-refractivity contribution in [3.8, 4) is 0 Å². The van der Waals surface area contributed by atoms with E-state index in [1.54, 1.807) is 0 Å². The van der Waals surface area contributed by atoms with Crippen LogP contribution in [-0.4, -0.2) is 16.5 Å². The zero-order valence-electron chi connectivity index (χ0n) is 11.1. The highest BCUT2D eigenvalue weighted by Crippen LogP contribution is 2.29. The molecule has 2 N–H and O–H groups in total. The van der Waals surface area contributed by atoms with E-state index < -0.39 is 0 Å². The molecule has 0 saturated heterocycles. The summed E-state index contributed by atoms with van der Waals surface area (Å²) in [4.78, 5) is 19.1. The molecule has 0 amide bonds. The first-order chi connectivity index (χ1) is 9.69. The highest BCUT2D eigenvalue weighted by molar-refractivity contribution is 7.99. The summed E-state index contributed by atoms with van der Waals surface area (Å²) >= 11 is 7.46. The molecule has 4 nitrogen and oxygen atoms in total. The molecule has 1 heterocycles. The maximum atomic E-state index is 11.3. The molecule has 0 radical (unpaired) electrons. The van der Waals surface area contributed by atoms with Crippen molar-refractivity contribution in [3.05, 3.63) is 51.4 Å². The summed E-state index contributed by atoms with van der Waals surface area (Å²) in [5.74, 6) is 0. The number of halogens is 1. The van der Waals surface area contributed by atoms with Gasteiger partial charge in [0.15, 0.2) is 5.16 Å². The van der Waals surface area contributed by atoms with Gasteiger partial charge in [0, 0.05) is 28.7 Å². The largest absolute Gasteiger partial charge is 0.313 e. The molecule has 0 fully saturated rings. The van der Waals surface area contributed by atoms with Crippen LogP contribution < -0.4 is 10.9 Å². The third-order valence-electron chi connectivity index (χ3n) is 2.63. The van der Waals surface area contributed by atoms with Gasteiger partial charge in [0.2, 0.25) is 0 Å². The molecule has 2 rings (SSSR count). The van der Waals surface area contributed by atoms with Gasteiger partial charge in [-0.15, -0.1) is 0 Å². The first kappa shape index (κ1) is 15.1. The van der Waals surface area contributed by atoms with E-state index in [1.807, 2.05) is 18.2 Å². The molecule has 1 aromatic heterocycles. The molecule has 0 aliphatic rings. The standard InChI is InChI=1S/C14H16ClN3OS/c1-2-6-16-9-10-3-4-11(15)8-12(10)20-14-17-7-5-13(19)18-14/h3-5,7-8,16H,2,6,9H2,1H3,(H,17,18,19). The number of aromatic amines is 1. The first-order valence-electron chi connectivity index (χ1n) is 6.41. The average molecular weight is 310 g/mol. The van der Waals surface area contributed by atoms with E-state index in [4.69, 9.17) is 11.6 Å². The van der Waals surface area contributed by atoms with Crippen LogP contribution in [0, 0.1) is 0 Å². The van der Waals surface area contributed by atoms with Crippen LogP contribution >= 0.6 is 23.4 Å². The molecule has 1 aromatic carbocycles. The second-order valence-electron chi connectivity index (χ2n) is 4.27. The predicted octanol–water partition coefficient (Wildman–Crippen LogP) is 3.07. The maximum Gasteiger partial charge on any atom is 0.251 e. The molecule has 0 unspecified atom stereocenters. The minimum absolute atomic E-state index is 0.157. The van der Waals surface area contributed by atoms with Crippen molar-refractivity contribution in [2.75, 3.05) is 6.54 Å². The van der Waals surface area contributed by atoms with Crippen LogP contribution in [-0.2, 0) is 6.54 Å². The maximum absolute atomic E-state index is 11.3. The molecular formula is C14H16ClN3OS. The topological polar surface area (TPSA) is 57.8 Å². The Morgan fingerprint density at radius 1 is 1.40 bits per heavy atom. The first-order valence-corrected chi connectivity index (χ1v) is 7.61. The number of hydrogen-bond acceptors (Lipinski definition) is 4. The van der Waals surface area contributed by atoms with Crippen LogP contribution in [0.5, 0.6) is 0 Å². The van der Waals surface area contributed by atoms with Gasteiger partial charge in [-0.05, 0) is 30.7 Å². The van der Waals surface area contributed by atoms with E-state index >= 15 is 0 Å². The van der Waals surface area contributed by atoms with Gasteiger partial charge in [-0.25, -0.2) is 4.98 Å². The quantitative estimate of drug-likeness (QED) is 0.636. The molecule has 0 aliphatic heterocycles. The third-order valence-corrected chi connectivity index (χ3v) is 3.86. The Morgan fingerprint density at radius 3 is 3.00 bits per heavy atom. The van der Waals surface area contributed by atoms with Crippen molar-refractivity contribution in [1.82, 2.24) is 15.3 Å². The van der Waals surface area contributed by atoms with E-state index in [0.29, 0.717) is 10.2 Å².